The number of nitrogens with one attached hydrogen (secondary N) is 4. The highest BCUT2D eigenvalue weighted by Gasteiger charge is 2.21. The van der Waals surface area contributed by atoms with Crippen LogP contribution in [0.4, 0.5) is 17.1 Å². The summed E-state index contributed by atoms with van der Waals surface area (Å²) in [5, 5.41) is 7.92. The van der Waals surface area contributed by atoms with Crippen LogP contribution in [-0.2, 0) is 14.4 Å². The zero-order chi connectivity index (χ0) is 22.3. The molecular formula is C22H30N5O3+. The van der Waals surface area contributed by atoms with Gasteiger partial charge in [-0.05, 0) is 36.4 Å². The summed E-state index contributed by atoms with van der Waals surface area (Å²) in [6.07, 6.45) is 0. The maximum absolute atomic E-state index is 12.3. The number of rotatable bonds is 7. The van der Waals surface area contributed by atoms with Crippen LogP contribution >= 0.6 is 0 Å². The van der Waals surface area contributed by atoms with E-state index in [0.717, 1.165) is 16.2 Å². The minimum atomic E-state index is -0.738. The second-order valence-corrected chi connectivity index (χ2v) is 7.54. The molecule has 8 nitrogen and oxygen atoms in total. The molecule has 8 heteroatoms. The number of nitrogens with zero attached hydrogens (tertiary/aromatic N) is 1. The smallest absolute Gasteiger partial charge is 0.313 e. The number of carbonyl (C=O) groups excluding carboxylic acids is 3. The Morgan fingerprint density at radius 1 is 0.867 bits per heavy atom. The van der Waals surface area contributed by atoms with E-state index >= 15 is 0 Å². The molecule has 2 aromatic rings. The minimum Gasteiger partial charge on any atom is -0.378 e. The van der Waals surface area contributed by atoms with Crippen molar-refractivity contribution in [2.24, 2.45) is 0 Å². The first-order valence-electron chi connectivity index (χ1n) is 9.71. The van der Waals surface area contributed by atoms with Gasteiger partial charge in [0.1, 0.15) is 6.04 Å². The summed E-state index contributed by atoms with van der Waals surface area (Å²) < 4.78 is 0. The van der Waals surface area contributed by atoms with Gasteiger partial charge in [0.15, 0.2) is 0 Å². The number of hydrogen-bond donors (Lipinski definition) is 4. The van der Waals surface area contributed by atoms with E-state index < -0.39 is 11.8 Å². The molecule has 0 saturated heterocycles. The van der Waals surface area contributed by atoms with Crippen molar-refractivity contribution < 1.29 is 19.3 Å². The first-order chi connectivity index (χ1) is 14.2. The monoisotopic (exact) mass is 412 g/mol. The van der Waals surface area contributed by atoms with Crippen molar-refractivity contribution in [3.05, 3.63) is 54.1 Å². The normalized spacial score (nSPS) is 11.5. The van der Waals surface area contributed by atoms with Gasteiger partial charge >= 0.3 is 11.8 Å². The molecule has 0 heterocycles. The lowest BCUT2D eigenvalue weighted by Crippen LogP contribution is -3.07. The molecule has 0 bridgehead atoms. The van der Waals surface area contributed by atoms with Crippen LogP contribution in [0, 0.1) is 0 Å². The van der Waals surface area contributed by atoms with Gasteiger partial charge in [0, 0.05) is 43.6 Å². The van der Waals surface area contributed by atoms with Gasteiger partial charge in [-0.25, -0.2) is 0 Å². The Hall–Kier alpha value is -3.39. The third-order valence-electron chi connectivity index (χ3n) is 4.64. The fraction of sp³-hybridized carbons (Fsp3) is 0.318. The number of likely N-dealkylation sites (N-methyl/N-ethyl adjacent to an activating group) is 1. The third-order valence-corrected chi connectivity index (χ3v) is 4.64. The molecule has 160 valence electrons. The average molecular weight is 413 g/mol. The molecule has 2 rings (SSSR count). The Balaban J connectivity index is 1.94. The van der Waals surface area contributed by atoms with Gasteiger partial charge in [0.25, 0.3) is 0 Å². The van der Waals surface area contributed by atoms with Crippen LogP contribution in [-0.4, -0.2) is 52.5 Å². The van der Waals surface area contributed by atoms with Crippen LogP contribution in [0.5, 0.6) is 0 Å². The summed E-state index contributed by atoms with van der Waals surface area (Å²) in [5.41, 5.74) is 3.26. The van der Waals surface area contributed by atoms with Gasteiger partial charge in [0.05, 0.1) is 20.6 Å². The topological polar surface area (TPSA) is 95.0 Å². The van der Waals surface area contributed by atoms with E-state index in [1.165, 1.54) is 6.92 Å². The Labute approximate surface area is 177 Å². The highest BCUT2D eigenvalue weighted by Crippen LogP contribution is 2.16. The number of amides is 3. The Kier molecular flexibility index (Phi) is 7.94. The second kappa shape index (κ2) is 10.4. The largest absolute Gasteiger partial charge is 0.378 e. The zero-order valence-corrected chi connectivity index (χ0v) is 18.1. The molecule has 3 amide bonds. The lowest BCUT2D eigenvalue weighted by atomic mass is 10.1. The van der Waals surface area contributed by atoms with Gasteiger partial charge in [-0.1, -0.05) is 12.1 Å². The van der Waals surface area contributed by atoms with Crippen molar-refractivity contribution in [2.45, 2.75) is 13.0 Å². The number of hydrogen-bond acceptors (Lipinski definition) is 4. The molecule has 0 fully saturated rings. The first-order valence-corrected chi connectivity index (χ1v) is 9.71. The van der Waals surface area contributed by atoms with Gasteiger partial charge in [-0.2, -0.15) is 0 Å². The molecule has 0 saturated carbocycles. The fourth-order valence-electron chi connectivity index (χ4n) is 2.96. The van der Waals surface area contributed by atoms with E-state index in [0.29, 0.717) is 17.9 Å². The maximum atomic E-state index is 12.3. The average Bonchev–Trinajstić information content (AvgIpc) is 2.69. The van der Waals surface area contributed by atoms with Crippen molar-refractivity contribution in [1.29, 1.82) is 0 Å². The highest BCUT2D eigenvalue weighted by molar-refractivity contribution is 6.39. The van der Waals surface area contributed by atoms with Crippen LogP contribution in [0.2, 0.25) is 0 Å². The minimum absolute atomic E-state index is 0.00917. The second-order valence-electron chi connectivity index (χ2n) is 7.54. The molecule has 0 aliphatic heterocycles. The fourth-order valence-corrected chi connectivity index (χ4v) is 2.96. The van der Waals surface area contributed by atoms with E-state index in [4.69, 9.17) is 0 Å². The molecule has 0 aliphatic rings. The summed E-state index contributed by atoms with van der Waals surface area (Å²) in [5.74, 6) is -1.62. The highest BCUT2D eigenvalue weighted by atomic mass is 16.2. The number of carbonyl (C=O) groups is 3. The molecule has 2 aromatic carbocycles. The standard InChI is InChI=1S/C22H29N5O3/c1-15(28)24-17-8-10-18(11-9-17)25-22(30)21(29)23-14-20(27(4)5)16-6-12-19(13-7-16)26(2)3/h6-13,20H,14H2,1-5H3,(H,23,29)(H,24,28)(H,25,30)/p+1/t20-/m1/s1. The molecule has 0 spiro atoms. The summed E-state index contributed by atoms with van der Waals surface area (Å²) >= 11 is 0. The number of anilines is 3. The van der Waals surface area contributed by atoms with E-state index in [-0.39, 0.29) is 11.9 Å². The van der Waals surface area contributed by atoms with Crippen molar-refractivity contribution in [3.8, 4) is 0 Å². The predicted molar refractivity (Wildman–Crippen MR) is 119 cm³/mol. The molecule has 4 N–H and O–H groups in total. The molecule has 0 aliphatic carbocycles. The van der Waals surface area contributed by atoms with Crippen molar-refractivity contribution in [3.63, 3.8) is 0 Å². The van der Waals surface area contributed by atoms with Crippen LogP contribution < -0.4 is 25.8 Å². The van der Waals surface area contributed by atoms with Crippen LogP contribution in [0.25, 0.3) is 0 Å². The van der Waals surface area contributed by atoms with E-state index in [2.05, 4.69) is 16.0 Å². The van der Waals surface area contributed by atoms with Crippen LogP contribution in [0.3, 0.4) is 0 Å². The lowest BCUT2D eigenvalue weighted by Gasteiger charge is -2.23. The van der Waals surface area contributed by atoms with Crippen molar-refractivity contribution in [2.75, 3.05) is 50.3 Å². The van der Waals surface area contributed by atoms with Gasteiger partial charge in [-0.3, -0.25) is 14.4 Å². The van der Waals surface area contributed by atoms with Crippen molar-refractivity contribution >= 4 is 34.8 Å². The molecule has 0 unspecified atom stereocenters. The first kappa shape index (κ1) is 22.9. The molecule has 1 atom stereocenters. The SMILES string of the molecule is CC(=O)Nc1ccc(NC(=O)C(=O)NC[C@H](c2ccc(N(C)C)cc2)[NH+](C)C)cc1. The van der Waals surface area contributed by atoms with E-state index in [1.54, 1.807) is 24.3 Å². The van der Waals surface area contributed by atoms with E-state index in [1.807, 2.05) is 57.4 Å². The zero-order valence-electron chi connectivity index (χ0n) is 18.1. The third kappa shape index (κ3) is 6.59. The summed E-state index contributed by atoms with van der Waals surface area (Å²) in [6, 6.07) is 14.7. The number of benzene rings is 2. The predicted octanol–water partition coefficient (Wildman–Crippen LogP) is 0.652. The summed E-state index contributed by atoms with van der Waals surface area (Å²) in [4.78, 5) is 38.7. The Bertz CT molecular complexity index is 877. The maximum Gasteiger partial charge on any atom is 0.313 e. The molecule has 0 radical (unpaired) electrons. The molecule has 30 heavy (non-hydrogen) atoms. The van der Waals surface area contributed by atoms with Gasteiger partial charge in [-0.15, -0.1) is 0 Å². The summed E-state index contributed by atoms with van der Waals surface area (Å²) in [7, 11) is 7.98. The molecular weight excluding hydrogens is 382 g/mol. The van der Waals surface area contributed by atoms with Crippen LogP contribution in [0.1, 0.15) is 18.5 Å². The van der Waals surface area contributed by atoms with E-state index in [9.17, 15) is 14.4 Å². The molecule has 0 aromatic heterocycles. The summed E-state index contributed by atoms with van der Waals surface area (Å²) in [6.45, 7) is 1.75. The lowest BCUT2D eigenvalue weighted by molar-refractivity contribution is -0.890. The Morgan fingerprint density at radius 3 is 1.87 bits per heavy atom. The number of quaternary nitrogens is 1. The van der Waals surface area contributed by atoms with Crippen molar-refractivity contribution in [1.82, 2.24) is 5.32 Å². The quantitative estimate of drug-likeness (QED) is 0.503. The van der Waals surface area contributed by atoms with Gasteiger partial charge in [0.2, 0.25) is 5.91 Å². The van der Waals surface area contributed by atoms with Gasteiger partial charge < -0.3 is 25.8 Å². The van der Waals surface area contributed by atoms with Crippen LogP contribution in [0.15, 0.2) is 48.5 Å². The Morgan fingerprint density at radius 2 is 1.40 bits per heavy atom.